The Bertz CT molecular complexity index is 1450. The zero-order chi connectivity index (χ0) is 32.6. The van der Waals surface area contributed by atoms with E-state index in [1.54, 1.807) is 0 Å². The molecule has 2 aliphatic heterocycles. The van der Waals surface area contributed by atoms with E-state index in [0.29, 0.717) is 23.7 Å². The molecule has 8 heteroatoms. The van der Waals surface area contributed by atoms with Crippen molar-refractivity contribution in [2.45, 2.75) is 112 Å². The monoisotopic (exact) mass is 613 g/mol. The summed E-state index contributed by atoms with van der Waals surface area (Å²) >= 11 is 0. The topological polar surface area (TPSA) is 105 Å². The summed E-state index contributed by atoms with van der Waals surface area (Å²) in [5.41, 5.74) is 5.38. The van der Waals surface area contributed by atoms with E-state index in [9.17, 15) is 9.59 Å². The van der Waals surface area contributed by atoms with Crippen LogP contribution in [0.1, 0.15) is 121 Å². The van der Waals surface area contributed by atoms with Crippen LogP contribution in [-0.2, 0) is 4.79 Å². The number of aliphatic imine (C=N–C) groups is 1. The highest BCUT2D eigenvalue weighted by Crippen LogP contribution is 2.50. The number of ether oxygens (including phenoxy) is 1. The van der Waals surface area contributed by atoms with E-state index >= 15 is 0 Å². The molecule has 2 aromatic rings. The van der Waals surface area contributed by atoms with Crippen molar-refractivity contribution in [2.24, 2.45) is 26.8 Å². The number of hydrazone groups is 1. The maximum atomic E-state index is 14.7. The Morgan fingerprint density at radius 3 is 2.31 bits per heavy atom. The molecule has 8 nitrogen and oxygen atoms in total. The third-order valence-corrected chi connectivity index (χ3v) is 9.40. The number of benzene rings is 2. The normalized spacial score (nSPS) is 22.2. The minimum absolute atomic E-state index is 0.0238. The first-order chi connectivity index (χ1) is 21.1. The van der Waals surface area contributed by atoms with Crippen LogP contribution in [0.2, 0.25) is 0 Å². The van der Waals surface area contributed by atoms with Gasteiger partial charge in [0.1, 0.15) is 17.1 Å². The number of hydrogen-bond acceptors (Lipinski definition) is 6. The molecule has 1 saturated carbocycles. The summed E-state index contributed by atoms with van der Waals surface area (Å²) in [6.07, 6.45) is 5.47. The Morgan fingerprint density at radius 1 is 1.07 bits per heavy atom. The molecule has 0 aromatic heterocycles. The maximum absolute atomic E-state index is 14.7. The van der Waals surface area contributed by atoms with Crippen molar-refractivity contribution in [3.05, 3.63) is 65.2 Å². The fourth-order valence-electron chi connectivity index (χ4n) is 6.78. The van der Waals surface area contributed by atoms with Crippen molar-refractivity contribution in [1.29, 1.82) is 0 Å². The summed E-state index contributed by atoms with van der Waals surface area (Å²) < 4.78 is 6.00. The molecule has 1 aliphatic carbocycles. The first kappa shape index (κ1) is 32.7. The van der Waals surface area contributed by atoms with E-state index in [1.165, 1.54) is 0 Å². The number of carbonyl (C=O) groups excluding carboxylic acids is 2. The largest absolute Gasteiger partial charge is 0.491 e. The van der Waals surface area contributed by atoms with Crippen LogP contribution in [0.3, 0.4) is 0 Å². The smallest absolute Gasteiger partial charge is 0.275 e. The quantitative estimate of drug-likeness (QED) is 0.294. The van der Waals surface area contributed by atoms with Crippen molar-refractivity contribution < 1.29 is 14.3 Å². The van der Waals surface area contributed by atoms with Crippen molar-refractivity contribution in [3.8, 4) is 5.75 Å². The van der Waals surface area contributed by atoms with Crippen molar-refractivity contribution in [2.75, 3.05) is 6.54 Å². The highest BCUT2D eigenvalue weighted by molar-refractivity contribution is 6.46. The summed E-state index contributed by atoms with van der Waals surface area (Å²) in [5.74, 6) is 1.92. The second-order valence-corrected chi connectivity index (χ2v) is 15.5. The Hall–Kier alpha value is -3.68. The van der Waals surface area contributed by atoms with Gasteiger partial charge in [-0.1, -0.05) is 65.8 Å². The summed E-state index contributed by atoms with van der Waals surface area (Å²) in [5, 5.41) is 6.79. The van der Waals surface area contributed by atoms with Crippen LogP contribution >= 0.6 is 0 Å². The molecule has 242 valence electrons. The highest BCUT2D eigenvalue weighted by atomic mass is 16.5. The van der Waals surface area contributed by atoms with E-state index in [4.69, 9.17) is 9.73 Å². The summed E-state index contributed by atoms with van der Waals surface area (Å²) in [7, 11) is 0. The van der Waals surface area contributed by atoms with Gasteiger partial charge in [0.05, 0.1) is 18.7 Å². The molecule has 0 unspecified atom stereocenters. The van der Waals surface area contributed by atoms with Crippen LogP contribution in [0.15, 0.2) is 58.6 Å². The molecule has 2 amide bonds. The molecule has 3 aliphatic rings. The van der Waals surface area contributed by atoms with Gasteiger partial charge in [-0.2, -0.15) is 5.10 Å². The van der Waals surface area contributed by atoms with E-state index in [-0.39, 0.29) is 34.8 Å². The van der Waals surface area contributed by atoms with Crippen molar-refractivity contribution in [1.82, 2.24) is 15.6 Å². The van der Waals surface area contributed by atoms with Gasteiger partial charge in [0, 0.05) is 11.1 Å². The average molecular weight is 614 g/mol. The van der Waals surface area contributed by atoms with Gasteiger partial charge < -0.3 is 15.0 Å². The van der Waals surface area contributed by atoms with Crippen LogP contribution in [0.25, 0.3) is 0 Å². The van der Waals surface area contributed by atoms with Gasteiger partial charge in [0.15, 0.2) is 5.84 Å². The lowest BCUT2D eigenvalue weighted by Crippen LogP contribution is -2.51. The predicted molar refractivity (Wildman–Crippen MR) is 181 cm³/mol. The molecule has 2 aromatic carbocycles. The van der Waals surface area contributed by atoms with Crippen LogP contribution in [0, 0.1) is 16.7 Å². The SMILES string of the molecule is CC(C)Oc1cccc(C2=NC3(CCC(C(C)(C)C)CC3)N([C@H](CCC(C)(C)C)c3ccc(C(=O)NCC4=NN4)cc3)C2=O)c1. The second-order valence-electron chi connectivity index (χ2n) is 15.5. The molecule has 0 bridgehead atoms. The first-order valence-electron chi connectivity index (χ1n) is 16.6. The van der Waals surface area contributed by atoms with Gasteiger partial charge in [-0.25, -0.2) is 0 Å². The lowest BCUT2D eigenvalue weighted by atomic mass is 9.69. The van der Waals surface area contributed by atoms with Crippen molar-refractivity contribution >= 4 is 23.4 Å². The van der Waals surface area contributed by atoms with Gasteiger partial charge in [0.25, 0.3) is 11.8 Å². The molecule has 0 saturated heterocycles. The molecule has 5 rings (SSSR count). The highest BCUT2D eigenvalue weighted by Gasteiger charge is 2.52. The molecule has 0 radical (unpaired) electrons. The van der Waals surface area contributed by atoms with Gasteiger partial charge in [-0.3, -0.25) is 20.0 Å². The Labute approximate surface area is 269 Å². The molecular weight excluding hydrogens is 562 g/mol. The molecule has 45 heavy (non-hydrogen) atoms. The van der Waals surface area contributed by atoms with Crippen LogP contribution < -0.4 is 15.5 Å². The number of nitrogens with zero attached hydrogens (tertiary/aromatic N) is 3. The summed E-state index contributed by atoms with van der Waals surface area (Å²) in [6.45, 7) is 18.1. The zero-order valence-corrected chi connectivity index (χ0v) is 28.4. The predicted octanol–water partition coefficient (Wildman–Crippen LogP) is 7.25. The molecule has 1 atom stereocenters. The Morgan fingerprint density at radius 2 is 1.73 bits per heavy atom. The third kappa shape index (κ3) is 7.77. The second kappa shape index (κ2) is 12.6. The molecule has 1 fully saturated rings. The standard InChI is InChI=1S/C37H51N5O3/c1-24(2)45-29-11-9-10-27(22-29)32-34(44)42(37(39-32)20-16-28(17-21-37)36(6,7)8)30(18-19-35(3,4)5)25-12-14-26(15-13-25)33(43)38-23-31-40-41-31/h9-15,22,24,28,30H,16-21,23H2,1-8H3,(H,38,43)(H,40,41)/t28?,30-,37?/m1/s1. The summed E-state index contributed by atoms with van der Waals surface area (Å²) in [4.78, 5) is 35.0. The van der Waals surface area contributed by atoms with Gasteiger partial charge in [0.2, 0.25) is 0 Å². The van der Waals surface area contributed by atoms with E-state index in [1.807, 2.05) is 62.4 Å². The van der Waals surface area contributed by atoms with E-state index in [2.05, 4.69) is 62.3 Å². The average Bonchev–Trinajstić information content (AvgIpc) is 3.76. The molecular formula is C37H51N5O3. The molecule has 2 N–H and O–H groups in total. The minimum atomic E-state index is -0.611. The van der Waals surface area contributed by atoms with Crippen LogP contribution in [-0.4, -0.2) is 46.6 Å². The number of amides is 2. The molecule has 1 spiro atoms. The Balaban J connectivity index is 1.52. The van der Waals surface area contributed by atoms with Crippen molar-refractivity contribution in [3.63, 3.8) is 0 Å². The number of carbonyl (C=O) groups is 2. The van der Waals surface area contributed by atoms with E-state index in [0.717, 1.165) is 61.2 Å². The maximum Gasteiger partial charge on any atom is 0.275 e. The lowest BCUT2D eigenvalue weighted by molar-refractivity contribution is -0.134. The van der Waals surface area contributed by atoms with E-state index < -0.39 is 5.66 Å². The first-order valence-corrected chi connectivity index (χ1v) is 16.6. The zero-order valence-electron chi connectivity index (χ0n) is 28.4. The number of nitrogens with one attached hydrogen (secondary N) is 2. The van der Waals surface area contributed by atoms with Gasteiger partial charge >= 0.3 is 0 Å². The number of hydrogen-bond donors (Lipinski definition) is 2. The fourth-order valence-corrected chi connectivity index (χ4v) is 6.78. The van der Waals surface area contributed by atoms with Crippen LogP contribution in [0.4, 0.5) is 0 Å². The number of amidine groups is 1. The number of rotatable bonds is 10. The van der Waals surface area contributed by atoms with Crippen LogP contribution in [0.5, 0.6) is 5.75 Å². The fraction of sp³-hybridized carbons (Fsp3) is 0.568. The lowest BCUT2D eigenvalue weighted by Gasteiger charge is -2.47. The van der Waals surface area contributed by atoms with Gasteiger partial charge in [-0.15, -0.1) is 0 Å². The molecule has 2 heterocycles. The Kier molecular flexibility index (Phi) is 9.16. The minimum Gasteiger partial charge on any atom is -0.491 e. The van der Waals surface area contributed by atoms with Gasteiger partial charge in [-0.05, 0) is 98.9 Å². The third-order valence-electron chi connectivity index (χ3n) is 9.40. The summed E-state index contributed by atoms with van der Waals surface area (Å²) in [6, 6.07) is 15.4.